The lowest BCUT2D eigenvalue weighted by atomic mass is 9.77. The van der Waals surface area contributed by atoms with Crippen molar-refractivity contribution in [2.24, 2.45) is 5.41 Å². The largest absolute Gasteiger partial charge is 0.367 e. The van der Waals surface area contributed by atoms with Crippen molar-refractivity contribution in [2.75, 3.05) is 18.0 Å². The summed E-state index contributed by atoms with van der Waals surface area (Å²) >= 11 is 0. The first kappa shape index (κ1) is 13.5. The summed E-state index contributed by atoms with van der Waals surface area (Å²) in [5, 5.41) is 0. The maximum Gasteiger partial charge on any atom is 0.150 e. The Morgan fingerprint density at radius 1 is 1.00 bits per heavy atom. The van der Waals surface area contributed by atoms with E-state index in [1.165, 1.54) is 25.7 Å². The molecule has 1 aliphatic carbocycles. The Hall–Kier alpha value is -1.45. The third-order valence-electron chi connectivity index (χ3n) is 4.98. The molecule has 0 radical (unpaired) electrons. The van der Waals surface area contributed by atoms with Gasteiger partial charge >= 0.3 is 0 Å². The standard InChI is InChI=1S/C16H19F2NO/c17-13-9-12(11-20)10-14(18)15(13)19-7-5-16(6-8-19)3-1-2-4-16/h9-11H,1-8H2. The number of benzene rings is 1. The van der Waals surface area contributed by atoms with E-state index in [0.717, 1.165) is 25.0 Å². The normalized spacial score (nSPS) is 21.4. The highest BCUT2D eigenvalue weighted by atomic mass is 19.1. The van der Waals surface area contributed by atoms with Gasteiger partial charge in [0.2, 0.25) is 0 Å². The fraction of sp³-hybridized carbons (Fsp3) is 0.562. The molecule has 1 aromatic carbocycles. The first-order chi connectivity index (χ1) is 9.63. The van der Waals surface area contributed by atoms with E-state index >= 15 is 0 Å². The van der Waals surface area contributed by atoms with Gasteiger partial charge in [0.1, 0.15) is 23.6 Å². The Morgan fingerprint density at radius 2 is 1.55 bits per heavy atom. The fourth-order valence-electron chi connectivity index (χ4n) is 3.78. The Labute approximate surface area is 117 Å². The SMILES string of the molecule is O=Cc1cc(F)c(N2CCC3(CCCC3)CC2)c(F)c1. The number of aldehydes is 1. The van der Waals surface area contributed by atoms with Crippen molar-refractivity contribution in [3.05, 3.63) is 29.3 Å². The Balaban J connectivity index is 1.79. The van der Waals surface area contributed by atoms with Gasteiger partial charge in [-0.1, -0.05) is 12.8 Å². The van der Waals surface area contributed by atoms with E-state index in [0.29, 0.717) is 24.8 Å². The van der Waals surface area contributed by atoms with E-state index < -0.39 is 11.6 Å². The lowest BCUT2D eigenvalue weighted by molar-refractivity contribution is 0.112. The molecule has 1 aromatic rings. The average molecular weight is 279 g/mol. The molecule has 2 nitrogen and oxygen atoms in total. The molecule has 0 bridgehead atoms. The van der Waals surface area contributed by atoms with Crippen LogP contribution in [0.3, 0.4) is 0 Å². The Kier molecular flexibility index (Phi) is 3.48. The molecule has 2 aliphatic rings. The monoisotopic (exact) mass is 279 g/mol. The number of hydrogen-bond donors (Lipinski definition) is 0. The summed E-state index contributed by atoms with van der Waals surface area (Å²) in [6.45, 7) is 1.41. The molecular weight excluding hydrogens is 260 g/mol. The smallest absolute Gasteiger partial charge is 0.150 e. The van der Waals surface area contributed by atoms with Crippen LogP contribution in [0.1, 0.15) is 48.9 Å². The number of carbonyl (C=O) groups is 1. The minimum absolute atomic E-state index is 0.0310. The third kappa shape index (κ3) is 2.32. The van der Waals surface area contributed by atoms with Crippen molar-refractivity contribution in [3.8, 4) is 0 Å². The van der Waals surface area contributed by atoms with E-state index in [1.54, 1.807) is 4.90 Å². The van der Waals surface area contributed by atoms with Gasteiger partial charge in [-0.05, 0) is 43.2 Å². The van der Waals surface area contributed by atoms with Crippen molar-refractivity contribution in [2.45, 2.75) is 38.5 Å². The number of piperidine rings is 1. The van der Waals surface area contributed by atoms with Crippen LogP contribution in [0.4, 0.5) is 14.5 Å². The summed E-state index contributed by atoms with van der Waals surface area (Å²) in [5.74, 6) is -1.26. The molecule has 0 unspecified atom stereocenters. The van der Waals surface area contributed by atoms with Crippen molar-refractivity contribution in [3.63, 3.8) is 0 Å². The molecule has 20 heavy (non-hydrogen) atoms. The summed E-state index contributed by atoms with van der Waals surface area (Å²) in [7, 11) is 0. The van der Waals surface area contributed by atoms with Gasteiger partial charge < -0.3 is 4.90 Å². The molecule has 3 rings (SSSR count). The van der Waals surface area contributed by atoms with Crippen LogP contribution in [0.2, 0.25) is 0 Å². The Bertz CT molecular complexity index is 490. The Morgan fingerprint density at radius 3 is 2.05 bits per heavy atom. The van der Waals surface area contributed by atoms with Crippen LogP contribution in [0.15, 0.2) is 12.1 Å². The summed E-state index contributed by atoms with van der Waals surface area (Å²) in [4.78, 5) is 12.4. The van der Waals surface area contributed by atoms with E-state index in [4.69, 9.17) is 0 Å². The number of carbonyl (C=O) groups excluding carboxylic acids is 1. The first-order valence-electron chi connectivity index (χ1n) is 7.33. The zero-order valence-corrected chi connectivity index (χ0v) is 11.5. The van der Waals surface area contributed by atoms with E-state index in [1.807, 2.05) is 0 Å². The second-order valence-corrected chi connectivity index (χ2v) is 6.15. The summed E-state index contributed by atoms with van der Waals surface area (Å²) in [6, 6.07) is 2.23. The average Bonchev–Trinajstić information content (AvgIpc) is 2.88. The van der Waals surface area contributed by atoms with Crippen LogP contribution in [0.25, 0.3) is 0 Å². The van der Waals surface area contributed by atoms with Gasteiger partial charge in [-0.2, -0.15) is 0 Å². The van der Waals surface area contributed by atoms with Crippen LogP contribution in [0.5, 0.6) is 0 Å². The molecule has 0 aromatic heterocycles. The highest BCUT2D eigenvalue weighted by Gasteiger charge is 2.37. The minimum Gasteiger partial charge on any atom is -0.367 e. The highest BCUT2D eigenvalue weighted by Crippen LogP contribution is 2.47. The number of hydrogen-bond acceptors (Lipinski definition) is 2. The summed E-state index contributed by atoms with van der Waals surface area (Å²) in [6.07, 6.45) is 7.60. The van der Waals surface area contributed by atoms with Gasteiger partial charge in [-0.3, -0.25) is 4.79 Å². The molecule has 0 amide bonds. The number of halogens is 2. The fourth-order valence-corrected chi connectivity index (χ4v) is 3.78. The van der Waals surface area contributed by atoms with Crippen molar-refractivity contribution >= 4 is 12.0 Å². The first-order valence-corrected chi connectivity index (χ1v) is 7.33. The quantitative estimate of drug-likeness (QED) is 0.764. The molecule has 2 fully saturated rings. The van der Waals surface area contributed by atoms with Crippen molar-refractivity contribution in [1.29, 1.82) is 0 Å². The molecule has 0 N–H and O–H groups in total. The van der Waals surface area contributed by atoms with Crippen LogP contribution in [-0.2, 0) is 0 Å². The molecule has 1 saturated carbocycles. The minimum atomic E-state index is -0.630. The molecule has 1 spiro atoms. The van der Waals surface area contributed by atoms with Gasteiger partial charge in [-0.25, -0.2) is 8.78 Å². The van der Waals surface area contributed by atoms with Crippen LogP contribution >= 0.6 is 0 Å². The molecular formula is C16H19F2NO. The summed E-state index contributed by atoms with van der Waals surface area (Å²) < 4.78 is 28.0. The number of anilines is 1. The molecule has 4 heteroatoms. The lowest BCUT2D eigenvalue weighted by Crippen LogP contribution is -2.39. The van der Waals surface area contributed by atoms with Gasteiger partial charge in [0, 0.05) is 18.7 Å². The third-order valence-corrected chi connectivity index (χ3v) is 4.98. The van der Waals surface area contributed by atoms with E-state index in [2.05, 4.69) is 0 Å². The summed E-state index contributed by atoms with van der Waals surface area (Å²) in [5.41, 5.74) is 0.503. The maximum atomic E-state index is 14.0. The van der Waals surface area contributed by atoms with Crippen molar-refractivity contribution in [1.82, 2.24) is 0 Å². The predicted molar refractivity (Wildman–Crippen MR) is 74.1 cm³/mol. The van der Waals surface area contributed by atoms with Gasteiger partial charge in [-0.15, -0.1) is 0 Å². The molecule has 108 valence electrons. The van der Waals surface area contributed by atoms with Gasteiger partial charge in [0.15, 0.2) is 0 Å². The molecule has 1 heterocycles. The molecule has 1 saturated heterocycles. The lowest BCUT2D eigenvalue weighted by Gasteiger charge is -2.40. The zero-order chi connectivity index (χ0) is 14.2. The topological polar surface area (TPSA) is 20.3 Å². The van der Waals surface area contributed by atoms with Gasteiger partial charge in [0.25, 0.3) is 0 Å². The zero-order valence-electron chi connectivity index (χ0n) is 11.5. The number of rotatable bonds is 2. The van der Waals surface area contributed by atoms with Crippen molar-refractivity contribution < 1.29 is 13.6 Å². The highest BCUT2D eigenvalue weighted by molar-refractivity contribution is 5.76. The number of nitrogens with zero attached hydrogens (tertiary/aromatic N) is 1. The van der Waals surface area contributed by atoms with Crippen LogP contribution < -0.4 is 4.90 Å². The van der Waals surface area contributed by atoms with E-state index in [-0.39, 0.29) is 11.3 Å². The van der Waals surface area contributed by atoms with Crippen LogP contribution in [0, 0.1) is 17.0 Å². The van der Waals surface area contributed by atoms with E-state index in [9.17, 15) is 13.6 Å². The second-order valence-electron chi connectivity index (χ2n) is 6.15. The maximum absolute atomic E-state index is 14.0. The molecule has 1 aliphatic heterocycles. The predicted octanol–water partition coefficient (Wildman–Crippen LogP) is 3.94. The second kappa shape index (κ2) is 5.15. The van der Waals surface area contributed by atoms with Gasteiger partial charge in [0.05, 0.1) is 0 Å². The molecule has 0 atom stereocenters. The van der Waals surface area contributed by atoms with Crippen LogP contribution in [-0.4, -0.2) is 19.4 Å².